The predicted molar refractivity (Wildman–Crippen MR) is 94.7 cm³/mol. The Hall–Kier alpha value is -3.42. The van der Waals surface area contributed by atoms with Crippen molar-refractivity contribution in [3.63, 3.8) is 0 Å². The lowest BCUT2D eigenvalue weighted by molar-refractivity contribution is -0.124. The van der Waals surface area contributed by atoms with Crippen molar-refractivity contribution < 1.29 is 23.8 Å². The van der Waals surface area contributed by atoms with Gasteiger partial charge in [-0.1, -0.05) is 18.2 Å². The van der Waals surface area contributed by atoms with Gasteiger partial charge in [0.15, 0.2) is 11.5 Å². The first-order chi connectivity index (χ1) is 12.5. The first-order valence-electron chi connectivity index (χ1n) is 7.73. The summed E-state index contributed by atoms with van der Waals surface area (Å²) in [6.45, 7) is 0. The number of nitrogens with zero attached hydrogens (tertiary/aromatic N) is 1. The second-order valence-corrected chi connectivity index (χ2v) is 5.22. The maximum Gasteiger partial charge on any atom is 0.240 e. The fraction of sp³-hybridized carbons (Fsp3) is 0.167. The molecule has 2 rings (SSSR count). The number of hydrogen-bond donors (Lipinski definition) is 3. The highest BCUT2D eigenvalue weighted by molar-refractivity contribution is 5.93. The number of rotatable bonds is 7. The lowest BCUT2D eigenvalue weighted by atomic mass is 10.2. The maximum atomic E-state index is 13.4. The number of carbonyl (C=O) groups excluding carboxylic acids is 2. The third-order valence-electron chi connectivity index (χ3n) is 3.37. The normalized spacial score (nSPS) is 10.5. The molecule has 0 saturated heterocycles. The first kappa shape index (κ1) is 18.9. The Kier molecular flexibility index (Phi) is 6.67. The summed E-state index contributed by atoms with van der Waals surface area (Å²) in [5, 5.41) is 16.0. The Morgan fingerprint density at radius 1 is 1.15 bits per heavy atom. The molecule has 136 valence electrons. The molecule has 2 amide bonds. The Morgan fingerprint density at radius 2 is 1.88 bits per heavy atom. The number of amides is 2. The summed E-state index contributed by atoms with van der Waals surface area (Å²) in [5.74, 6) is -1.35. The van der Waals surface area contributed by atoms with Gasteiger partial charge in [-0.2, -0.15) is 5.10 Å². The third-order valence-corrected chi connectivity index (χ3v) is 3.37. The van der Waals surface area contributed by atoms with Crippen LogP contribution in [0.2, 0.25) is 0 Å². The van der Waals surface area contributed by atoms with E-state index >= 15 is 0 Å². The number of phenols is 1. The molecule has 2 aromatic rings. The van der Waals surface area contributed by atoms with Crippen LogP contribution in [-0.2, 0) is 9.59 Å². The van der Waals surface area contributed by atoms with Crippen molar-refractivity contribution in [3.05, 3.63) is 53.8 Å². The molecular weight excluding hydrogens is 341 g/mol. The molecule has 0 spiro atoms. The molecular formula is C18H18FN3O4. The number of para-hydroxylation sites is 2. The van der Waals surface area contributed by atoms with Gasteiger partial charge in [0.25, 0.3) is 0 Å². The number of nitrogens with one attached hydrogen (secondary N) is 2. The van der Waals surface area contributed by atoms with Crippen LogP contribution in [0.1, 0.15) is 18.4 Å². The molecule has 0 atom stereocenters. The lowest BCUT2D eigenvalue weighted by Gasteiger charge is -2.06. The van der Waals surface area contributed by atoms with Gasteiger partial charge in [-0.15, -0.1) is 0 Å². The Balaban J connectivity index is 1.80. The zero-order chi connectivity index (χ0) is 18.9. The first-order valence-corrected chi connectivity index (χ1v) is 7.73. The van der Waals surface area contributed by atoms with Crippen molar-refractivity contribution >= 4 is 23.7 Å². The SMILES string of the molecule is COc1cccc(/C=N/NC(=O)CCC(=O)Nc2ccccc2F)c1O. The van der Waals surface area contributed by atoms with Crippen LogP contribution >= 0.6 is 0 Å². The number of phenolic OH excluding ortho intramolecular Hbond substituents is 1. The molecule has 0 heterocycles. The molecule has 3 N–H and O–H groups in total. The molecule has 26 heavy (non-hydrogen) atoms. The fourth-order valence-corrected chi connectivity index (χ4v) is 2.04. The number of hydrazone groups is 1. The minimum atomic E-state index is -0.548. The Labute approximate surface area is 149 Å². The van der Waals surface area contributed by atoms with Gasteiger partial charge < -0.3 is 15.2 Å². The highest BCUT2D eigenvalue weighted by Gasteiger charge is 2.09. The van der Waals surface area contributed by atoms with E-state index in [1.807, 2.05) is 0 Å². The van der Waals surface area contributed by atoms with Gasteiger partial charge in [0.05, 0.1) is 19.0 Å². The van der Waals surface area contributed by atoms with E-state index in [-0.39, 0.29) is 30.0 Å². The highest BCUT2D eigenvalue weighted by Crippen LogP contribution is 2.27. The van der Waals surface area contributed by atoms with Crippen LogP contribution in [0.4, 0.5) is 10.1 Å². The van der Waals surface area contributed by atoms with Crippen LogP contribution < -0.4 is 15.5 Å². The molecule has 0 aliphatic carbocycles. The van der Waals surface area contributed by atoms with Crippen molar-refractivity contribution in [2.75, 3.05) is 12.4 Å². The molecule has 0 radical (unpaired) electrons. The topological polar surface area (TPSA) is 100 Å². The highest BCUT2D eigenvalue weighted by atomic mass is 19.1. The summed E-state index contributed by atoms with van der Waals surface area (Å²) in [5.41, 5.74) is 2.67. The number of anilines is 1. The van der Waals surface area contributed by atoms with Crippen LogP contribution in [0.25, 0.3) is 0 Å². The van der Waals surface area contributed by atoms with E-state index in [1.165, 1.54) is 31.5 Å². The maximum absolute atomic E-state index is 13.4. The quantitative estimate of drug-likeness (QED) is 0.522. The molecule has 0 aliphatic rings. The number of halogens is 1. The summed E-state index contributed by atoms with van der Waals surface area (Å²) in [6, 6.07) is 10.6. The minimum Gasteiger partial charge on any atom is -0.504 e. The average molecular weight is 359 g/mol. The Morgan fingerprint density at radius 3 is 2.62 bits per heavy atom. The van der Waals surface area contributed by atoms with Crippen molar-refractivity contribution in [3.8, 4) is 11.5 Å². The van der Waals surface area contributed by atoms with E-state index in [9.17, 15) is 19.1 Å². The van der Waals surface area contributed by atoms with Gasteiger partial charge in [-0.25, -0.2) is 9.82 Å². The average Bonchev–Trinajstić information content (AvgIpc) is 2.63. The summed E-state index contributed by atoms with van der Waals surface area (Å²) >= 11 is 0. The molecule has 0 aliphatic heterocycles. The molecule has 7 nitrogen and oxygen atoms in total. The van der Waals surface area contributed by atoms with Crippen LogP contribution in [0.15, 0.2) is 47.6 Å². The van der Waals surface area contributed by atoms with E-state index < -0.39 is 17.6 Å². The molecule has 0 saturated carbocycles. The van der Waals surface area contributed by atoms with Crippen LogP contribution in [0.5, 0.6) is 11.5 Å². The summed E-state index contributed by atoms with van der Waals surface area (Å²) in [6.07, 6.45) is 1.01. The second-order valence-electron chi connectivity index (χ2n) is 5.22. The number of benzene rings is 2. The van der Waals surface area contributed by atoms with Gasteiger partial charge in [-0.3, -0.25) is 9.59 Å². The van der Waals surface area contributed by atoms with E-state index in [0.29, 0.717) is 5.56 Å². The van der Waals surface area contributed by atoms with Gasteiger partial charge in [0, 0.05) is 18.4 Å². The third kappa shape index (κ3) is 5.30. The monoisotopic (exact) mass is 359 g/mol. The summed E-state index contributed by atoms with van der Waals surface area (Å²) < 4.78 is 18.4. The largest absolute Gasteiger partial charge is 0.504 e. The van der Waals surface area contributed by atoms with Crippen molar-refractivity contribution in [2.24, 2.45) is 5.10 Å². The van der Waals surface area contributed by atoms with Crippen molar-refractivity contribution in [1.82, 2.24) is 5.43 Å². The van der Waals surface area contributed by atoms with Gasteiger partial charge in [0.2, 0.25) is 11.8 Å². The number of ether oxygens (including phenoxy) is 1. The van der Waals surface area contributed by atoms with Crippen LogP contribution in [-0.4, -0.2) is 30.2 Å². The van der Waals surface area contributed by atoms with Gasteiger partial charge in [0.1, 0.15) is 5.82 Å². The number of methoxy groups -OCH3 is 1. The fourth-order valence-electron chi connectivity index (χ4n) is 2.04. The van der Waals surface area contributed by atoms with Crippen LogP contribution in [0.3, 0.4) is 0 Å². The second kappa shape index (κ2) is 9.16. The molecule has 2 aromatic carbocycles. The van der Waals surface area contributed by atoms with E-state index in [4.69, 9.17) is 4.74 Å². The van der Waals surface area contributed by atoms with Crippen molar-refractivity contribution in [1.29, 1.82) is 0 Å². The van der Waals surface area contributed by atoms with E-state index in [2.05, 4.69) is 15.8 Å². The Bertz CT molecular complexity index is 824. The summed E-state index contributed by atoms with van der Waals surface area (Å²) in [4.78, 5) is 23.4. The zero-order valence-electron chi connectivity index (χ0n) is 14.0. The van der Waals surface area contributed by atoms with E-state index in [1.54, 1.807) is 24.3 Å². The van der Waals surface area contributed by atoms with E-state index in [0.717, 1.165) is 0 Å². The number of carbonyl (C=O) groups is 2. The van der Waals surface area contributed by atoms with Gasteiger partial charge >= 0.3 is 0 Å². The molecule has 0 bridgehead atoms. The van der Waals surface area contributed by atoms with Crippen LogP contribution in [0, 0.1) is 5.82 Å². The molecule has 0 aromatic heterocycles. The molecule has 0 fully saturated rings. The smallest absolute Gasteiger partial charge is 0.240 e. The zero-order valence-corrected chi connectivity index (χ0v) is 14.0. The summed E-state index contributed by atoms with van der Waals surface area (Å²) in [7, 11) is 1.42. The standard InChI is InChI=1S/C18H18FN3O4/c1-26-15-8-4-5-12(18(15)25)11-20-22-17(24)10-9-16(23)21-14-7-3-2-6-13(14)19/h2-8,11,25H,9-10H2,1H3,(H,21,23)(H,22,24)/b20-11+. The van der Waals surface area contributed by atoms with Gasteiger partial charge in [-0.05, 0) is 24.3 Å². The van der Waals surface area contributed by atoms with Crippen molar-refractivity contribution in [2.45, 2.75) is 12.8 Å². The number of aromatic hydroxyl groups is 1. The molecule has 0 unspecified atom stereocenters. The predicted octanol–water partition coefficient (Wildman–Crippen LogP) is 2.41. The molecule has 8 heteroatoms. The minimum absolute atomic E-state index is 0.0597. The number of hydrogen-bond acceptors (Lipinski definition) is 5. The lowest BCUT2D eigenvalue weighted by Crippen LogP contribution is -2.21.